The van der Waals surface area contributed by atoms with Gasteiger partial charge < -0.3 is 10.1 Å². The summed E-state index contributed by atoms with van der Waals surface area (Å²) in [7, 11) is 1.50. The van der Waals surface area contributed by atoms with Gasteiger partial charge in [-0.3, -0.25) is 10.1 Å². The molecule has 0 aromatic heterocycles. The number of rotatable bonds is 4. The van der Waals surface area contributed by atoms with Crippen LogP contribution in [0, 0.1) is 22.5 Å². The average Bonchev–Trinajstić information content (AvgIpc) is 2.28. The van der Waals surface area contributed by atoms with Gasteiger partial charge in [0.2, 0.25) is 0 Å². The SMILES string of the molecule is C#CC(C)(C)Nc1cc(OC)ccc1[N+](=O)[O-]. The van der Waals surface area contributed by atoms with E-state index in [0.29, 0.717) is 11.4 Å². The Morgan fingerprint density at radius 2 is 2.18 bits per heavy atom. The molecule has 0 bridgehead atoms. The Labute approximate surface area is 99.9 Å². The van der Waals surface area contributed by atoms with Gasteiger partial charge in [-0.1, -0.05) is 5.92 Å². The molecule has 0 aliphatic carbocycles. The highest BCUT2D eigenvalue weighted by atomic mass is 16.6. The van der Waals surface area contributed by atoms with Crippen LogP contribution in [0.3, 0.4) is 0 Å². The first kappa shape index (κ1) is 12.8. The van der Waals surface area contributed by atoms with Gasteiger partial charge in [0, 0.05) is 12.1 Å². The van der Waals surface area contributed by atoms with Gasteiger partial charge in [-0.05, 0) is 19.9 Å². The first-order chi connectivity index (χ1) is 7.89. The molecule has 0 fully saturated rings. The molecule has 0 heterocycles. The third-order valence-corrected chi connectivity index (χ3v) is 2.21. The molecule has 0 spiro atoms. The molecule has 0 unspecified atom stereocenters. The number of nitrogens with zero attached hydrogens (tertiary/aromatic N) is 1. The molecule has 1 aromatic carbocycles. The number of terminal acetylenes is 1. The summed E-state index contributed by atoms with van der Waals surface area (Å²) in [6.07, 6.45) is 5.34. The summed E-state index contributed by atoms with van der Waals surface area (Å²) in [6.45, 7) is 3.52. The van der Waals surface area contributed by atoms with Crippen LogP contribution < -0.4 is 10.1 Å². The Bertz CT molecular complexity index is 475. The van der Waals surface area contributed by atoms with E-state index in [1.54, 1.807) is 19.9 Å². The normalized spacial score (nSPS) is 10.5. The van der Waals surface area contributed by atoms with E-state index in [9.17, 15) is 10.1 Å². The molecule has 1 aromatic rings. The van der Waals surface area contributed by atoms with E-state index in [0.717, 1.165) is 0 Å². The molecule has 0 saturated heterocycles. The molecule has 0 aliphatic rings. The Balaban J connectivity index is 3.19. The van der Waals surface area contributed by atoms with E-state index in [4.69, 9.17) is 11.2 Å². The van der Waals surface area contributed by atoms with Gasteiger partial charge in [0.05, 0.1) is 17.6 Å². The summed E-state index contributed by atoms with van der Waals surface area (Å²) in [5.74, 6) is 3.05. The molecule has 0 atom stereocenters. The number of anilines is 1. The standard InChI is InChI=1S/C12H14N2O3/c1-5-12(2,3)13-10-8-9(17-4)6-7-11(10)14(15)16/h1,6-8,13H,2-4H3. The lowest BCUT2D eigenvalue weighted by atomic mass is 10.1. The van der Waals surface area contributed by atoms with E-state index in [-0.39, 0.29) is 5.69 Å². The van der Waals surface area contributed by atoms with E-state index in [1.807, 2.05) is 0 Å². The van der Waals surface area contributed by atoms with Crippen LogP contribution in [0.15, 0.2) is 18.2 Å². The van der Waals surface area contributed by atoms with Crippen LogP contribution in [0.5, 0.6) is 5.75 Å². The van der Waals surface area contributed by atoms with Crippen molar-refractivity contribution in [1.82, 2.24) is 0 Å². The highest BCUT2D eigenvalue weighted by Gasteiger charge is 2.21. The second-order valence-electron chi connectivity index (χ2n) is 4.03. The maximum absolute atomic E-state index is 10.9. The van der Waals surface area contributed by atoms with Gasteiger partial charge in [0.25, 0.3) is 5.69 Å². The van der Waals surface area contributed by atoms with Gasteiger partial charge in [-0.25, -0.2) is 0 Å². The Hall–Kier alpha value is -2.22. The minimum absolute atomic E-state index is 0.0332. The van der Waals surface area contributed by atoms with Crippen molar-refractivity contribution in [2.45, 2.75) is 19.4 Å². The predicted molar refractivity (Wildman–Crippen MR) is 66.2 cm³/mol. The summed E-state index contributed by atoms with van der Waals surface area (Å²) in [6, 6.07) is 4.47. The van der Waals surface area contributed by atoms with Crippen molar-refractivity contribution in [1.29, 1.82) is 0 Å². The van der Waals surface area contributed by atoms with E-state index >= 15 is 0 Å². The molecule has 90 valence electrons. The number of nitrogens with one attached hydrogen (secondary N) is 1. The number of hydrogen-bond donors (Lipinski definition) is 1. The van der Waals surface area contributed by atoms with Crippen molar-refractivity contribution < 1.29 is 9.66 Å². The molecule has 0 amide bonds. The fourth-order valence-corrected chi connectivity index (χ4v) is 1.27. The molecule has 0 radical (unpaired) electrons. The molecule has 5 nitrogen and oxygen atoms in total. The van der Waals surface area contributed by atoms with Crippen LogP contribution in [-0.4, -0.2) is 17.6 Å². The van der Waals surface area contributed by atoms with Crippen LogP contribution in [0.25, 0.3) is 0 Å². The molecule has 5 heteroatoms. The molecular weight excluding hydrogens is 220 g/mol. The van der Waals surface area contributed by atoms with Gasteiger partial charge >= 0.3 is 0 Å². The Morgan fingerprint density at radius 3 is 2.65 bits per heavy atom. The van der Waals surface area contributed by atoms with Crippen molar-refractivity contribution in [3.8, 4) is 18.1 Å². The zero-order valence-corrected chi connectivity index (χ0v) is 9.98. The lowest BCUT2D eigenvalue weighted by Crippen LogP contribution is -2.28. The van der Waals surface area contributed by atoms with E-state index in [2.05, 4.69) is 11.2 Å². The van der Waals surface area contributed by atoms with Gasteiger partial charge in [0.15, 0.2) is 0 Å². The second-order valence-corrected chi connectivity index (χ2v) is 4.03. The highest BCUT2D eigenvalue weighted by Crippen LogP contribution is 2.30. The topological polar surface area (TPSA) is 64.4 Å². The van der Waals surface area contributed by atoms with E-state index in [1.165, 1.54) is 19.2 Å². The summed E-state index contributed by atoms with van der Waals surface area (Å²) in [4.78, 5) is 10.4. The second kappa shape index (κ2) is 4.74. The summed E-state index contributed by atoms with van der Waals surface area (Å²) in [5.41, 5.74) is -0.358. The summed E-state index contributed by atoms with van der Waals surface area (Å²) in [5, 5.41) is 13.8. The molecule has 1 rings (SSSR count). The Morgan fingerprint density at radius 1 is 1.53 bits per heavy atom. The van der Waals surface area contributed by atoms with Crippen LogP contribution in [-0.2, 0) is 0 Å². The maximum atomic E-state index is 10.9. The minimum Gasteiger partial charge on any atom is -0.497 e. The van der Waals surface area contributed by atoms with Crippen LogP contribution in [0.2, 0.25) is 0 Å². The van der Waals surface area contributed by atoms with Crippen molar-refractivity contribution in [3.63, 3.8) is 0 Å². The third-order valence-electron chi connectivity index (χ3n) is 2.21. The minimum atomic E-state index is -0.670. The van der Waals surface area contributed by atoms with Crippen molar-refractivity contribution in [2.75, 3.05) is 12.4 Å². The van der Waals surface area contributed by atoms with Crippen LogP contribution >= 0.6 is 0 Å². The van der Waals surface area contributed by atoms with Crippen molar-refractivity contribution in [2.24, 2.45) is 0 Å². The molecule has 1 N–H and O–H groups in total. The zero-order valence-electron chi connectivity index (χ0n) is 9.98. The highest BCUT2D eigenvalue weighted by molar-refractivity contribution is 5.65. The number of hydrogen-bond acceptors (Lipinski definition) is 4. The lowest BCUT2D eigenvalue weighted by molar-refractivity contribution is -0.384. The number of nitro benzene ring substituents is 1. The average molecular weight is 234 g/mol. The monoisotopic (exact) mass is 234 g/mol. The molecule has 17 heavy (non-hydrogen) atoms. The summed E-state index contributed by atoms with van der Waals surface area (Å²) < 4.78 is 5.02. The predicted octanol–water partition coefficient (Wildman–Crippen LogP) is 2.43. The molecule has 0 saturated carbocycles. The largest absolute Gasteiger partial charge is 0.497 e. The first-order valence-corrected chi connectivity index (χ1v) is 4.98. The number of nitro groups is 1. The fourth-order valence-electron chi connectivity index (χ4n) is 1.27. The van der Waals surface area contributed by atoms with Crippen molar-refractivity contribution >= 4 is 11.4 Å². The summed E-state index contributed by atoms with van der Waals surface area (Å²) >= 11 is 0. The van der Waals surface area contributed by atoms with Crippen molar-refractivity contribution in [3.05, 3.63) is 28.3 Å². The van der Waals surface area contributed by atoms with Crippen LogP contribution in [0.4, 0.5) is 11.4 Å². The first-order valence-electron chi connectivity index (χ1n) is 4.98. The van der Waals surface area contributed by atoms with Crippen LogP contribution in [0.1, 0.15) is 13.8 Å². The van der Waals surface area contributed by atoms with Gasteiger partial charge in [-0.15, -0.1) is 6.42 Å². The molecule has 0 aliphatic heterocycles. The number of ether oxygens (including phenoxy) is 1. The third kappa shape index (κ3) is 3.11. The lowest BCUT2D eigenvalue weighted by Gasteiger charge is -2.21. The van der Waals surface area contributed by atoms with Gasteiger partial charge in [0.1, 0.15) is 11.4 Å². The zero-order chi connectivity index (χ0) is 13.1. The smallest absolute Gasteiger partial charge is 0.292 e. The molecular formula is C12H14N2O3. The Kier molecular flexibility index (Phi) is 3.59. The number of methoxy groups -OCH3 is 1. The quantitative estimate of drug-likeness (QED) is 0.493. The van der Waals surface area contributed by atoms with E-state index < -0.39 is 10.5 Å². The number of benzene rings is 1. The van der Waals surface area contributed by atoms with Gasteiger partial charge in [-0.2, -0.15) is 0 Å². The fraction of sp³-hybridized carbons (Fsp3) is 0.333. The maximum Gasteiger partial charge on any atom is 0.292 e.